The lowest BCUT2D eigenvalue weighted by molar-refractivity contribution is -0.160. The van der Waals surface area contributed by atoms with Crippen LogP contribution in [0.1, 0.15) is 19.0 Å². The third-order valence-corrected chi connectivity index (χ3v) is 4.01. The van der Waals surface area contributed by atoms with Crippen LogP contribution in [0.15, 0.2) is 24.4 Å². The number of hydrogen-bond acceptors (Lipinski definition) is 5. The summed E-state index contributed by atoms with van der Waals surface area (Å²) in [6, 6.07) is 5.78. The predicted molar refractivity (Wildman–Crippen MR) is 85.3 cm³/mol. The lowest BCUT2D eigenvalue weighted by atomic mass is 10.0. The van der Waals surface area contributed by atoms with E-state index in [1.807, 2.05) is 30.1 Å². The van der Waals surface area contributed by atoms with E-state index in [2.05, 4.69) is 4.98 Å². The molecule has 0 spiro atoms. The maximum atomic E-state index is 12.3. The standard InChI is InChI=1S/C16H24N4O3/c1-16(15(17)22)12-20(9-10-23-16)14(21)6-8-19(2)11-13-5-3-4-7-18-13/h3-5,7H,6,8-12H2,1-2H3,(H2,17,22)/t16-/m1/s1. The van der Waals surface area contributed by atoms with Gasteiger partial charge in [0.25, 0.3) is 5.91 Å². The van der Waals surface area contributed by atoms with Crippen LogP contribution in [-0.4, -0.2) is 65.5 Å². The van der Waals surface area contributed by atoms with Gasteiger partial charge in [-0.2, -0.15) is 0 Å². The van der Waals surface area contributed by atoms with Crippen molar-refractivity contribution in [3.63, 3.8) is 0 Å². The monoisotopic (exact) mass is 320 g/mol. The highest BCUT2D eigenvalue weighted by Crippen LogP contribution is 2.17. The van der Waals surface area contributed by atoms with Gasteiger partial charge in [0.2, 0.25) is 5.91 Å². The minimum Gasteiger partial charge on any atom is -0.367 e. The second kappa shape index (κ2) is 7.52. The predicted octanol–water partition coefficient (Wildman–Crippen LogP) is 0.00630. The molecule has 1 aromatic rings. The molecule has 0 unspecified atom stereocenters. The number of morpholine rings is 1. The number of pyridine rings is 1. The van der Waals surface area contributed by atoms with Crippen LogP contribution in [0.3, 0.4) is 0 Å². The molecule has 1 fully saturated rings. The molecule has 23 heavy (non-hydrogen) atoms. The van der Waals surface area contributed by atoms with E-state index in [1.54, 1.807) is 18.0 Å². The fraction of sp³-hybridized carbons (Fsp3) is 0.562. The van der Waals surface area contributed by atoms with Crippen molar-refractivity contribution >= 4 is 11.8 Å². The summed E-state index contributed by atoms with van der Waals surface area (Å²) in [7, 11) is 1.95. The van der Waals surface area contributed by atoms with Crippen LogP contribution in [0.5, 0.6) is 0 Å². The molecule has 1 aliphatic heterocycles. The zero-order valence-electron chi connectivity index (χ0n) is 13.7. The smallest absolute Gasteiger partial charge is 0.251 e. The second-order valence-electron chi connectivity index (χ2n) is 6.07. The van der Waals surface area contributed by atoms with E-state index in [9.17, 15) is 9.59 Å². The average Bonchev–Trinajstić information content (AvgIpc) is 2.53. The number of nitrogens with two attached hydrogens (primary N) is 1. The van der Waals surface area contributed by atoms with Crippen LogP contribution in [0, 0.1) is 0 Å². The number of rotatable bonds is 6. The fourth-order valence-corrected chi connectivity index (χ4v) is 2.52. The van der Waals surface area contributed by atoms with Crippen molar-refractivity contribution in [3.8, 4) is 0 Å². The maximum Gasteiger partial charge on any atom is 0.251 e. The topological polar surface area (TPSA) is 88.8 Å². The molecule has 1 atom stereocenters. The molecule has 0 radical (unpaired) electrons. The largest absolute Gasteiger partial charge is 0.367 e. The Labute approximate surface area is 136 Å². The van der Waals surface area contributed by atoms with Gasteiger partial charge < -0.3 is 20.3 Å². The van der Waals surface area contributed by atoms with Crippen LogP contribution in [-0.2, 0) is 20.9 Å². The first-order chi connectivity index (χ1) is 10.9. The summed E-state index contributed by atoms with van der Waals surface area (Å²) >= 11 is 0. The third-order valence-electron chi connectivity index (χ3n) is 4.01. The Morgan fingerprint density at radius 3 is 2.91 bits per heavy atom. The summed E-state index contributed by atoms with van der Waals surface area (Å²) in [6.07, 6.45) is 2.14. The molecule has 0 saturated carbocycles. The molecule has 2 rings (SSSR count). The van der Waals surface area contributed by atoms with Gasteiger partial charge in [0, 0.05) is 32.3 Å². The van der Waals surface area contributed by atoms with Gasteiger partial charge in [-0.1, -0.05) is 6.07 Å². The lowest BCUT2D eigenvalue weighted by Crippen LogP contribution is -2.58. The molecule has 126 valence electrons. The Morgan fingerprint density at radius 2 is 2.26 bits per heavy atom. The first-order valence-electron chi connectivity index (χ1n) is 7.71. The molecule has 1 saturated heterocycles. The molecule has 0 bridgehead atoms. The highest BCUT2D eigenvalue weighted by Gasteiger charge is 2.39. The maximum absolute atomic E-state index is 12.3. The van der Waals surface area contributed by atoms with Crippen LogP contribution in [0.25, 0.3) is 0 Å². The summed E-state index contributed by atoms with van der Waals surface area (Å²) in [5, 5.41) is 0. The number of nitrogens with zero attached hydrogens (tertiary/aromatic N) is 3. The number of amides is 2. The van der Waals surface area contributed by atoms with Gasteiger partial charge in [-0.05, 0) is 26.1 Å². The first-order valence-corrected chi connectivity index (χ1v) is 7.71. The van der Waals surface area contributed by atoms with E-state index in [4.69, 9.17) is 10.5 Å². The van der Waals surface area contributed by atoms with Crippen molar-refractivity contribution < 1.29 is 14.3 Å². The van der Waals surface area contributed by atoms with Gasteiger partial charge in [-0.3, -0.25) is 14.6 Å². The van der Waals surface area contributed by atoms with Crippen LogP contribution < -0.4 is 5.73 Å². The zero-order chi connectivity index (χ0) is 16.9. The van der Waals surface area contributed by atoms with E-state index in [0.29, 0.717) is 32.7 Å². The van der Waals surface area contributed by atoms with Gasteiger partial charge in [0.05, 0.1) is 18.8 Å². The van der Waals surface area contributed by atoms with Crippen molar-refractivity contribution in [3.05, 3.63) is 30.1 Å². The van der Waals surface area contributed by atoms with Gasteiger partial charge in [-0.15, -0.1) is 0 Å². The van der Waals surface area contributed by atoms with Crippen LogP contribution in [0.4, 0.5) is 0 Å². The Hall–Kier alpha value is -1.99. The van der Waals surface area contributed by atoms with Crippen molar-refractivity contribution in [2.45, 2.75) is 25.5 Å². The fourth-order valence-electron chi connectivity index (χ4n) is 2.52. The average molecular weight is 320 g/mol. The molecule has 0 aliphatic carbocycles. The minimum absolute atomic E-state index is 0.00801. The van der Waals surface area contributed by atoms with Crippen LogP contribution >= 0.6 is 0 Å². The molecule has 7 heteroatoms. The molecule has 1 aromatic heterocycles. The van der Waals surface area contributed by atoms with Gasteiger partial charge >= 0.3 is 0 Å². The molecule has 0 aromatic carbocycles. The molecule has 1 aliphatic rings. The highest BCUT2D eigenvalue weighted by atomic mass is 16.5. The number of carbonyl (C=O) groups is 2. The van der Waals surface area contributed by atoms with Crippen molar-refractivity contribution in [2.75, 3.05) is 33.3 Å². The lowest BCUT2D eigenvalue weighted by Gasteiger charge is -2.38. The number of carbonyl (C=O) groups excluding carboxylic acids is 2. The summed E-state index contributed by atoms with van der Waals surface area (Å²) in [4.78, 5) is 31.8. The quantitative estimate of drug-likeness (QED) is 0.797. The Morgan fingerprint density at radius 1 is 1.48 bits per heavy atom. The van der Waals surface area contributed by atoms with Crippen molar-refractivity contribution in [2.24, 2.45) is 5.73 Å². The summed E-state index contributed by atoms with van der Waals surface area (Å²) in [5.41, 5.74) is 5.23. The van der Waals surface area contributed by atoms with E-state index in [0.717, 1.165) is 5.69 Å². The normalized spacial score (nSPS) is 21.4. The van der Waals surface area contributed by atoms with E-state index >= 15 is 0 Å². The molecular formula is C16H24N4O3. The van der Waals surface area contributed by atoms with Gasteiger partial charge in [0.15, 0.2) is 5.60 Å². The SMILES string of the molecule is CN(CCC(=O)N1CCO[C@@](C)(C(N)=O)C1)Cc1ccccn1. The number of hydrogen-bond donors (Lipinski definition) is 1. The molecule has 7 nitrogen and oxygen atoms in total. The molecule has 2 heterocycles. The van der Waals surface area contributed by atoms with Gasteiger partial charge in [-0.25, -0.2) is 0 Å². The van der Waals surface area contributed by atoms with Gasteiger partial charge in [0.1, 0.15) is 0 Å². The minimum atomic E-state index is -1.09. The number of ether oxygens (including phenoxy) is 1. The van der Waals surface area contributed by atoms with Crippen LogP contribution in [0.2, 0.25) is 0 Å². The van der Waals surface area contributed by atoms with E-state index < -0.39 is 11.5 Å². The summed E-state index contributed by atoms with van der Waals surface area (Å²) in [5.74, 6) is -0.532. The second-order valence-corrected chi connectivity index (χ2v) is 6.07. The third kappa shape index (κ3) is 4.74. The van der Waals surface area contributed by atoms with E-state index in [-0.39, 0.29) is 12.5 Å². The zero-order valence-corrected chi connectivity index (χ0v) is 13.7. The Kier molecular flexibility index (Phi) is 5.68. The Bertz CT molecular complexity index is 552. The highest BCUT2D eigenvalue weighted by molar-refractivity contribution is 5.85. The van der Waals surface area contributed by atoms with Crippen molar-refractivity contribution in [1.29, 1.82) is 0 Å². The first kappa shape index (κ1) is 17.4. The number of primary amides is 1. The summed E-state index contributed by atoms with van der Waals surface area (Å²) in [6.45, 7) is 3.98. The molecular weight excluding hydrogens is 296 g/mol. The molecule has 2 N–H and O–H groups in total. The summed E-state index contributed by atoms with van der Waals surface area (Å²) < 4.78 is 5.42. The Balaban J connectivity index is 1.81. The number of aromatic nitrogens is 1. The van der Waals surface area contributed by atoms with Crippen molar-refractivity contribution in [1.82, 2.24) is 14.8 Å². The van der Waals surface area contributed by atoms with E-state index in [1.165, 1.54) is 0 Å². The molecule has 2 amide bonds.